The van der Waals surface area contributed by atoms with Gasteiger partial charge >= 0.3 is 0 Å². The van der Waals surface area contributed by atoms with Crippen LogP contribution in [0.1, 0.15) is 18.4 Å². The molecule has 2 aromatic carbocycles. The topological polar surface area (TPSA) is 71.8 Å². The molecule has 0 aliphatic carbocycles. The van der Waals surface area contributed by atoms with Gasteiger partial charge in [0.1, 0.15) is 11.6 Å². The number of carbonyl (C=O) groups is 1. The number of imidazole rings is 1. The molecule has 0 bridgehead atoms. The van der Waals surface area contributed by atoms with Gasteiger partial charge in [-0.2, -0.15) is 0 Å². The Hall–Kier alpha value is -3.46. The van der Waals surface area contributed by atoms with Crippen LogP contribution in [0.15, 0.2) is 54.7 Å². The van der Waals surface area contributed by atoms with Gasteiger partial charge in [-0.15, -0.1) is 5.10 Å². The number of rotatable bonds is 6. The summed E-state index contributed by atoms with van der Waals surface area (Å²) >= 11 is 1.50. The highest BCUT2D eigenvalue weighted by Gasteiger charge is 2.28. The van der Waals surface area contributed by atoms with Crippen LogP contribution in [0.25, 0.3) is 16.2 Å². The number of hydrogen-bond acceptors (Lipinski definition) is 6. The van der Waals surface area contributed by atoms with Gasteiger partial charge in [-0.05, 0) is 54.8 Å². The fourth-order valence-corrected chi connectivity index (χ4v) is 4.98. The SMILES string of the molecule is COc1cccc(CNC(=O)[C@@H]2CCCN(c3nn4cc(-c5ccc(F)cc5)nc4s3)C2)c1. The van der Waals surface area contributed by atoms with Gasteiger partial charge in [-0.1, -0.05) is 23.5 Å². The molecule has 4 aromatic rings. The minimum atomic E-state index is -0.271. The largest absolute Gasteiger partial charge is 0.497 e. The minimum absolute atomic E-state index is 0.0578. The van der Waals surface area contributed by atoms with Crippen LogP contribution in [0.4, 0.5) is 9.52 Å². The molecular formula is C24H24FN5O2S. The Bertz CT molecular complexity index is 1240. The first kappa shape index (κ1) is 21.4. The lowest BCUT2D eigenvalue weighted by Gasteiger charge is -2.31. The van der Waals surface area contributed by atoms with Crippen molar-refractivity contribution in [2.24, 2.45) is 5.92 Å². The highest BCUT2D eigenvalue weighted by molar-refractivity contribution is 7.20. The van der Waals surface area contributed by atoms with Crippen LogP contribution in [0, 0.1) is 11.7 Å². The molecule has 0 spiro atoms. The Morgan fingerprint density at radius 1 is 1.27 bits per heavy atom. The Morgan fingerprint density at radius 2 is 2.12 bits per heavy atom. The van der Waals surface area contributed by atoms with Gasteiger partial charge < -0.3 is 15.0 Å². The number of anilines is 1. The smallest absolute Gasteiger partial charge is 0.225 e. The summed E-state index contributed by atoms with van der Waals surface area (Å²) in [6.07, 6.45) is 3.64. The zero-order chi connectivity index (χ0) is 22.8. The second-order valence-electron chi connectivity index (χ2n) is 8.10. The summed E-state index contributed by atoms with van der Waals surface area (Å²) in [5.74, 6) is 0.479. The van der Waals surface area contributed by atoms with Gasteiger partial charge in [0.2, 0.25) is 16.0 Å². The molecule has 5 rings (SSSR count). The maximum absolute atomic E-state index is 13.2. The third-order valence-corrected chi connectivity index (χ3v) is 6.82. The maximum atomic E-state index is 13.2. The Morgan fingerprint density at radius 3 is 2.91 bits per heavy atom. The Labute approximate surface area is 194 Å². The number of carbonyl (C=O) groups excluding carboxylic acids is 1. The second kappa shape index (κ2) is 9.19. The van der Waals surface area contributed by atoms with Crippen molar-refractivity contribution in [2.75, 3.05) is 25.1 Å². The fourth-order valence-electron chi connectivity index (χ4n) is 4.06. The van der Waals surface area contributed by atoms with Crippen molar-refractivity contribution in [3.63, 3.8) is 0 Å². The summed E-state index contributed by atoms with van der Waals surface area (Å²) in [5.41, 5.74) is 2.61. The molecule has 1 saturated heterocycles. The lowest BCUT2D eigenvalue weighted by Crippen LogP contribution is -2.43. The van der Waals surface area contributed by atoms with Crippen molar-refractivity contribution in [2.45, 2.75) is 19.4 Å². The highest BCUT2D eigenvalue weighted by atomic mass is 32.1. The third-order valence-electron chi connectivity index (χ3n) is 5.84. The number of ether oxygens (including phenoxy) is 1. The average Bonchev–Trinajstić information content (AvgIpc) is 3.43. The van der Waals surface area contributed by atoms with E-state index in [2.05, 4.69) is 20.3 Å². The summed E-state index contributed by atoms with van der Waals surface area (Å²) in [6, 6.07) is 14.0. The number of aromatic nitrogens is 3. The molecule has 33 heavy (non-hydrogen) atoms. The number of fused-ring (bicyclic) bond motifs is 1. The molecule has 1 aliphatic rings. The van der Waals surface area contributed by atoms with Gasteiger partial charge in [0.05, 0.1) is 24.9 Å². The van der Waals surface area contributed by atoms with Gasteiger partial charge in [0, 0.05) is 25.2 Å². The Balaban J connectivity index is 1.23. The Kier molecular flexibility index (Phi) is 5.95. The van der Waals surface area contributed by atoms with E-state index in [1.54, 1.807) is 23.8 Å². The number of nitrogens with zero attached hydrogens (tertiary/aromatic N) is 4. The van der Waals surface area contributed by atoms with Gasteiger partial charge in [-0.25, -0.2) is 13.9 Å². The monoisotopic (exact) mass is 465 g/mol. The van der Waals surface area contributed by atoms with Gasteiger partial charge in [0.15, 0.2) is 0 Å². The summed E-state index contributed by atoms with van der Waals surface area (Å²) in [6.45, 7) is 1.97. The van der Waals surface area contributed by atoms with E-state index >= 15 is 0 Å². The molecule has 1 aliphatic heterocycles. The van der Waals surface area contributed by atoms with Crippen molar-refractivity contribution in [3.05, 3.63) is 66.1 Å². The van der Waals surface area contributed by atoms with E-state index in [-0.39, 0.29) is 17.6 Å². The first-order valence-electron chi connectivity index (χ1n) is 10.9. The average molecular weight is 466 g/mol. The first-order valence-corrected chi connectivity index (χ1v) is 11.7. The molecule has 0 saturated carbocycles. The molecule has 1 amide bonds. The number of amides is 1. The second-order valence-corrected chi connectivity index (χ2v) is 9.03. The predicted molar refractivity (Wildman–Crippen MR) is 126 cm³/mol. The molecule has 0 unspecified atom stereocenters. The van der Waals surface area contributed by atoms with Gasteiger partial charge in [0.25, 0.3) is 0 Å². The normalized spacial score (nSPS) is 16.2. The molecule has 9 heteroatoms. The van der Waals surface area contributed by atoms with E-state index < -0.39 is 0 Å². The van der Waals surface area contributed by atoms with E-state index in [1.165, 1.54) is 23.5 Å². The molecule has 1 atom stereocenters. The van der Waals surface area contributed by atoms with Crippen molar-refractivity contribution in [1.29, 1.82) is 0 Å². The van der Waals surface area contributed by atoms with Crippen LogP contribution in [0.3, 0.4) is 0 Å². The minimum Gasteiger partial charge on any atom is -0.497 e. The lowest BCUT2D eigenvalue weighted by atomic mass is 9.97. The highest BCUT2D eigenvalue weighted by Crippen LogP contribution is 2.30. The molecule has 1 N–H and O–H groups in total. The number of halogens is 1. The number of methoxy groups -OCH3 is 1. The third kappa shape index (κ3) is 4.68. The van der Waals surface area contributed by atoms with Crippen LogP contribution in [0.5, 0.6) is 5.75 Å². The van der Waals surface area contributed by atoms with Crippen molar-refractivity contribution >= 4 is 27.3 Å². The summed E-state index contributed by atoms with van der Waals surface area (Å²) in [4.78, 5) is 20.4. The molecular weight excluding hydrogens is 441 g/mol. The zero-order valence-electron chi connectivity index (χ0n) is 18.2. The van der Waals surface area contributed by atoms with Crippen molar-refractivity contribution in [1.82, 2.24) is 19.9 Å². The number of nitrogens with one attached hydrogen (secondary N) is 1. The van der Waals surface area contributed by atoms with Crippen LogP contribution in [-0.2, 0) is 11.3 Å². The summed E-state index contributed by atoms with van der Waals surface area (Å²) < 4.78 is 20.2. The van der Waals surface area contributed by atoms with Crippen molar-refractivity contribution < 1.29 is 13.9 Å². The number of piperidine rings is 1. The van der Waals surface area contributed by atoms with E-state index in [4.69, 9.17) is 4.74 Å². The van der Waals surface area contributed by atoms with E-state index in [0.29, 0.717) is 13.1 Å². The van der Waals surface area contributed by atoms with Crippen molar-refractivity contribution in [3.8, 4) is 17.0 Å². The number of hydrogen-bond donors (Lipinski definition) is 1. The van der Waals surface area contributed by atoms with Crippen LogP contribution >= 0.6 is 11.3 Å². The fraction of sp³-hybridized carbons (Fsp3) is 0.292. The molecule has 3 heterocycles. The molecule has 170 valence electrons. The van der Waals surface area contributed by atoms with Crippen LogP contribution in [-0.4, -0.2) is 40.7 Å². The van der Waals surface area contributed by atoms with E-state index in [0.717, 1.165) is 52.0 Å². The summed E-state index contributed by atoms with van der Waals surface area (Å²) in [5, 5.41) is 8.60. The molecule has 7 nitrogen and oxygen atoms in total. The number of benzene rings is 2. The molecule has 1 fully saturated rings. The van der Waals surface area contributed by atoms with Gasteiger partial charge in [-0.3, -0.25) is 4.79 Å². The van der Waals surface area contributed by atoms with E-state index in [9.17, 15) is 9.18 Å². The van der Waals surface area contributed by atoms with Crippen LogP contribution < -0.4 is 15.0 Å². The molecule has 0 radical (unpaired) electrons. The standard InChI is InChI=1S/C24H24FN5O2S/c1-32-20-6-2-4-16(12-20)13-26-22(31)18-5-3-11-29(14-18)24-28-30-15-21(27-23(30)33-24)17-7-9-19(25)10-8-17/h2,4,6-10,12,15,18H,3,5,11,13-14H2,1H3,(H,26,31)/t18-/m1/s1. The summed E-state index contributed by atoms with van der Waals surface area (Å²) in [7, 11) is 1.63. The lowest BCUT2D eigenvalue weighted by molar-refractivity contribution is -0.125. The zero-order valence-corrected chi connectivity index (χ0v) is 19.0. The quantitative estimate of drug-likeness (QED) is 0.464. The predicted octanol–water partition coefficient (Wildman–Crippen LogP) is 4.14. The van der Waals surface area contributed by atoms with Crippen LogP contribution in [0.2, 0.25) is 0 Å². The first-order chi connectivity index (χ1) is 16.1. The van der Waals surface area contributed by atoms with E-state index in [1.807, 2.05) is 30.5 Å². The maximum Gasteiger partial charge on any atom is 0.225 e. The molecule has 2 aromatic heterocycles.